The monoisotopic (exact) mass is 434 g/mol. The molecule has 0 atom stereocenters. The van der Waals surface area contributed by atoms with Crippen LogP contribution in [0.15, 0.2) is 76.4 Å². The van der Waals surface area contributed by atoms with E-state index in [9.17, 15) is 9.59 Å². The third kappa shape index (κ3) is 4.72. The number of carbonyl (C=O) groups is 2. The number of imide groups is 1. The zero-order chi connectivity index (χ0) is 21.8. The minimum absolute atomic E-state index is 0.0491. The van der Waals surface area contributed by atoms with Crippen LogP contribution in [0.5, 0.6) is 5.75 Å². The number of carbonyl (C=O) groups excluding carboxylic acids is 2. The summed E-state index contributed by atoms with van der Waals surface area (Å²) in [6.07, 6.45) is 3.29. The normalized spacial score (nSPS) is 14.1. The summed E-state index contributed by atoms with van der Waals surface area (Å²) < 4.78 is 11.1. The zero-order valence-electron chi connectivity index (χ0n) is 17.3. The Bertz CT molecular complexity index is 1090. The highest BCUT2D eigenvalue weighted by Crippen LogP contribution is 2.38. The van der Waals surface area contributed by atoms with Gasteiger partial charge in [-0.1, -0.05) is 18.2 Å². The number of furan rings is 1. The van der Waals surface area contributed by atoms with Crippen LogP contribution in [0.3, 0.4) is 0 Å². The highest BCUT2D eigenvalue weighted by atomic mass is 32.2. The molecule has 0 N–H and O–H groups in total. The number of ether oxygens (including phenoxy) is 1. The molecule has 0 spiro atoms. The van der Waals surface area contributed by atoms with E-state index in [1.807, 2.05) is 50.2 Å². The van der Waals surface area contributed by atoms with Crippen molar-refractivity contribution in [3.8, 4) is 5.75 Å². The first-order valence-electron chi connectivity index (χ1n) is 9.95. The van der Waals surface area contributed by atoms with Crippen LogP contribution in [-0.4, -0.2) is 27.8 Å². The maximum atomic E-state index is 13.3. The standard InChI is InChI=1S/C24H22N2O4S/c1-16(2)30-19-10-8-17(9-11-19)21-22(31-15-20-7-5-13-29-20)24(28)26(23(21)27)14-18-6-3-4-12-25-18/h3-13,16H,14-15H2,1-2H3. The molecule has 6 nitrogen and oxygen atoms in total. The third-order valence-electron chi connectivity index (χ3n) is 4.63. The van der Waals surface area contributed by atoms with Gasteiger partial charge in [0.15, 0.2) is 0 Å². The molecule has 0 saturated carbocycles. The van der Waals surface area contributed by atoms with Gasteiger partial charge in [0.1, 0.15) is 11.5 Å². The Balaban J connectivity index is 1.65. The number of hydrogen-bond donors (Lipinski definition) is 0. The summed E-state index contributed by atoms with van der Waals surface area (Å²) in [5, 5.41) is 0. The van der Waals surface area contributed by atoms with Gasteiger partial charge in [-0.25, -0.2) is 0 Å². The molecule has 0 fully saturated rings. The summed E-state index contributed by atoms with van der Waals surface area (Å²) in [6, 6.07) is 16.3. The number of benzene rings is 1. The van der Waals surface area contributed by atoms with Crippen LogP contribution in [0.1, 0.15) is 30.9 Å². The van der Waals surface area contributed by atoms with Gasteiger partial charge in [0.2, 0.25) is 0 Å². The molecule has 3 aromatic rings. The minimum Gasteiger partial charge on any atom is -0.491 e. The minimum atomic E-state index is -0.324. The van der Waals surface area contributed by atoms with Crippen molar-refractivity contribution in [1.29, 1.82) is 0 Å². The highest BCUT2D eigenvalue weighted by molar-refractivity contribution is 8.03. The fraction of sp³-hybridized carbons (Fsp3) is 0.208. The number of pyridine rings is 1. The third-order valence-corrected chi connectivity index (χ3v) is 5.72. The fourth-order valence-electron chi connectivity index (χ4n) is 3.25. The summed E-state index contributed by atoms with van der Waals surface area (Å²) in [4.78, 5) is 32.4. The molecule has 31 heavy (non-hydrogen) atoms. The molecule has 0 aliphatic carbocycles. The Kier molecular flexibility index (Phi) is 6.23. The molecule has 1 aliphatic heterocycles. The zero-order valence-corrected chi connectivity index (χ0v) is 18.1. The second kappa shape index (κ2) is 9.22. The molecule has 158 valence electrons. The van der Waals surface area contributed by atoms with Gasteiger partial charge in [0.05, 0.1) is 40.8 Å². The molecule has 7 heteroatoms. The van der Waals surface area contributed by atoms with Crippen molar-refractivity contribution in [3.05, 3.63) is 89.0 Å². The van der Waals surface area contributed by atoms with Gasteiger partial charge in [-0.3, -0.25) is 19.5 Å². The lowest BCUT2D eigenvalue weighted by molar-refractivity contribution is -0.137. The van der Waals surface area contributed by atoms with E-state index in [0.717, 1.165) is 5.76 Å². The van der Waals surface area contributed by atoms with Crippen LogP contribution >= 0.6 is 11.8 Å². The van der Waals surface area contributed by atoms with E-state index < -0.39 is 0 Å². The summed E-state index contributed by atoms with van der Waals surface area (Å²) >= 11 is 1.31. The lowest BCUT2D eigenvalue weighted by atomic mass is 10.1. The van der Waals surface area contributed by atoms with Crippen molar-refractivity contribution in [2.24, 2.45) is 0 Å². The lowest BCUT2D eigenvalue weighted by Crippen LogP contribution is -2.31. The molecule has 0 unspecified atom stereocenters. The number of thioether (sulfide) groups is 1. The molecular formula is C24H22N2O4S. The summed E-state index contributed by atoms with van der Waals surface area (Å²) in [5.41, 5.74) is 1.73. The van der Waals surface area contributed by atoms with Crippen LogP contribution < -0.4 is 4.74 Å². The maximum Gasteiger partial charge on any atom is 0.268 e. The molecule has 0 bridgehead atoms. The Labute approximate surface area is 184 Å². The van der Waals surface area contributed by atoms with Crippen molar-refractivity contribution in [1.82, 2.24) is 9.88 Å². The van der Waals surface area contributed by atoms with Crippen LogP contribution in [-0.2, 0) is 21.9 Å². The summed E-state index contributed by atoms with van der Waals surface area (Å²) in [6.45, 7) is 4.03. The van der Waals surface area contributed by atoms with Gasteiger partial charge in [-0.2, -0.15) is 0 Å². The largest absolute Gasteiger partial charge is 0.491 e. The molecule has 1 aromatic carbocycles. The van der Waals surface area contributed by atoms with Gasteiger partial charge >= 0.3 is 0 Å². The van der Waals surface area contributed by atoms with Crippen molar-refractivity contribution in [3.63, 3.8) is 0 Å². The van der Waals surface area contributed by atoms with Gasteiger partial charge in [-0.05, 0) is 55.8 Å². The lowest BCUT2D eigenvalue weighted by Gasteiger charge is -2.14. The van der Waals surface area contributed by atoms with Crippen LogP contribution in [0, 0.1) is 0 Å². The van der Waals surface area contributed by atoms with Gasteiger partial charge in [0.25, 0.3) is 11.8 Å². The SMILES string of the molecule is CC(C)Oc1ccc(C2=C(SCc3ccco3)C(=O)N(Cc3ccccn3)C2=O)cc1. The van der Waals surface area contributed by atoms with E-state index in [1.165, 1.54) is 16.7 Å². The topological polar surface area (TPSA) is 72.6 Å². The van der Waals surface area contributed by atoms with Crippen molar-refractivity contribution in [2.45, 2.75) is 32.2 Å². The molecule has 2 amide bonds. The van der Waals surface area contributed by atoms with Crippen LogP contribution in [0.4, 0.5) is 0 Å². The molecule has 0 radical (unpaired) electrons. The Hall–Kier alpha value is -3.32. The molecule has 0 saturated heterocycles. The highest BCUT2D eigenvalue weighted by Gasteiger charge is 2.39. The number of rotatable bonds is 8. The first-order chi connectivity index (χ1) is 15.0. The van der Waals surface area contributed by atoms with E-state index in [1.54, 1.807) is 30.7 Å². The number of nitrogens with zero attached hydrogens (tertiary/aromatic N) is 2. The van der Waals surface area contributed by atoms with E-state index in [2.05, 4.69) is 4.98 Å². The average Bonchev–Trinajstić information content (AvgIpc) is 3.36. The van der Waals surface area contributed by atoms with Crippen molar-refractivity contribution < 1.29 is 18.7 Å². The Morgan fingerprint density at radius 1 is 1.03 bits per heavy atom. The van der Waals surface area contributed by atoms with E-state index in [0.29, 0.717) is 33.2 Å². The quantitative estimate of drug-likeness (QED) is 0.480. The predicted octanol–water partition coefficient (Wildman–Crippen LogP) is 4.68. The first kappa shape index (κ1) is 20.9. The fourth-order valence-corrected chi connectivity index (χ4v) is 4.28. The van der Waals surface area contributed by atoms with Crippen LogP contribution in [0.25, 0.3) is 5.57 Å². The molecular weight excluding hydrogens is 412 g/mol. The van der Waals surface area contributed by atoms with Gasteiger partial charge < -0.3 is 9.15 Å². The van der Waals surface area contributed by atoms with Gasteiger partial charge in [-0.15, -0.1) is 11.8 Å². The van der Waals surface area contributed by atoms with E-state index in [4.69, 9.17) is 9.15 Å². The Morgan fingerprint density at radius 2 is 1.84 bits per heavy atom. The number of amides is 2. The summed E-state index contributed by atoms with van der Waals surface area (Å²) in [7, 11) is 0. The molecule has 2 aromatic heterocycles. The molecule has 1 aliphatic rings. The van der Waals surface area contributed by atoms with Gasteiger partial charge in [0, 0.05) is 6.20 Å². The molecule has 4 rings (SSSR count). The number of aromatic nitrogens is 1. The van der Waals surface area contributed by atoms with E-state index in [-0.39, 0.29) is 24.5 Å². The molecule has 3 heterocycles. The second-order valence-electron chi connectivity index (χ2n) is 7.28. The van der Waals surface area contributed by atoms with Crippen LogP contribution in [0.2, 0.25) is 0 Å². The maximum absolute atomic E-state index is 13.3. The summed E-state index contributed by atoms with van der Waals surface area (Å²) in [5.74, 6) is 1.27. The van der Waals surface area contributed by atoms with Crippen molar-refractivity contribution >= 4 is 29.1 Å². The number of hydrogen-bond acceptors (Lipinski definition) is 6. The smallest absolute Gasteiger partial charge is 0.268 e. The average molecular weight is 435 g/mol. The Morgan fingerprint density at radius 3 is 2.48 bits per heavy atom. The predicted molar refractivity (Wildman–Crippen MR) is 119 cm³/mol. The second-order valence-corrected chi connectivity index (χ2v) is 8.27. The first-order valence-corrected chi connectivity index (χ1v) is 10.9. The van der Waals surface area contributed by atoms with E-state index >= 15 is 0 Å². The van der Waals surface area contributed by atoms with Crippen molar-refractivity contribution in [2.75, 3.05) is 0 Å².